The van der Waals surface area contributed by atoms with Gasteiger partial charge in [0.05, 0.1) is 0 Å². The summed E-state index contributed by atoms with van der Waals surface area (Å²) in [7, 11) is 0. The van der Waals surface area contributed by atoms with E-state index in [9.17, 15) is 0 Å². The van der Waals surface area contributed by atoms with E-state index in [0.29, 0.717) is 0 Å². The van der Waals surface area contributed by atoms with Gasteiger partial charge in [0, 0.05) is 6.54 Å². The number of aryl methyl sites for hydroxylation is 3. The number of hydrogen-bond donors (Lipinski definition) is 2. The van der Waals surface area contributed by atoms with Crippen molar-refractivity contribution in [2.24, 2.45) is 5.84 Å². The maximum atomic E-state index is 5.29. The van der Waals surface area contributed by atoms with Crippen molar-refractivity contribution in [1.29, 1.82) is 0 Å². The van der Waals surface area contributed by atoms with Gasteiger partial charge in [0.15, 0.2) is 0 Å². The third kappa shape index (κ3) is 3.84. The van der Waals surface area contributed by atoms with Crippen LogP contribution in [0.4, 0.5) is 0 Å². The van der Waals surface area contributed by atoms with Crippen molar-refractivity contribution in [2.45, 2.75) is 27.3 Å². The van der Waals surface area contributed by atoms with Crippen LogP contribution in [0.15, 0.2) is 12.1 Å². The zero-order valence-electron chi connectivity index (χ0n) is 8.76. The molecule has 0 fully saturated rings. The molecule has 1 aromatic rings. The van der Waals surface area contributed by atoms with Crippen LogP contribution < -0.4 is 11.3 Å². The SMILES string of the molecule is Cc1cc(C)c(CNN)c(C)c1.Cl.Cl. The fourth-order valence-electron chi connectivity index (χ4n) is 1.59. The Kier molecular flexibility index (Phi) is 8.16. The van der Waals surface area contributed by atoms with E-state index in [-0.39, 0.29) is 24.8 Å². The van der Waals surface area contributed by atoms with Crippen LogP contribution in [0.5, 0.6) is 0 Å². The molecule has 0 aliphatic heterocycles. The fourth-order valence-corrected chi connectivity index (χ4v) is 1.59. The summed E-state index contributed by atoms with van der Waals surface area (Å²) in [5.41, 5.74) is 7.93. The molecule has 0 heterocycles. The van der Waals surface area contributed by atoms with Crippen LogP contribution in [0, 0.1) is 20.8 Å². The van der Waals surface area contributed by atoms with Crippen molar-refractivity contribution >= 4 is 24.8 Å². The van der Waals surface area contributed by atoms with Crippen molar-refractivity contribution in [2.75, 3.05) is 0 Å². The first-order valence-electron chi connectivity index (χ1n) is 4.15. The molecule has 0 aliphatic rings. The Bertz CT molecular complexity index is 264. The van der Waals surface area contributed by atoms with Gasteiger partial charge in [-0.05, 0) is 37.5 Å². The largest absolute Gasteiger partial charge is 0.271 e. The third-order valence-corrected chi connectivity index (χ3v) is 2.12. The zero-order valence-corrected chi connectivity index (χ0v) is 10.4. The summed E-state index contributed by atoms with van der Waals surface area (Å²) in [6.07, 6.45) is 0. The number of rotatable bonds is 2. The first-order chi connectivity index (χ1) is 5.65. The van der Waals surface area contributed by atoms with Gasteiger partial charge in [0.1, 0.15) is 0 Å². The summed E-state index contributed by atoms with van der Waals surface area (Å²) >= 11 is 0. The van der Waals surface area contributed by atoms with Gasteiger partial charge >= 0.3 is 0 Å². The highest BCUT2D eigenvalue weighted by Gasteiger charge is 2.01. The van der Waals surface area contributed by atoms with Gasteiger partial charge in [-0.15, -0.1) is 24.8 Å². The predicted octanol–water partition coefficient (Wildman–Crippen LogP) is 2.42. The number of benzene rings is 1. The van der Waals surface area contributed by atoms with E-state index in [1.807, 2.05) is 0 Å². The summed E-state index contributed by atoms with van der Waals surface area (Å²) < 4.78 is 0. The highest BCUT2D eigenvalue weighted by Crippen LogP contribution is 2.15. The molecule has 1 rings (SSSR count). The molecule has 0 spiro atoms. The van der Waals surface area contributed by atoms with Gasteiger partial charge in [-0.25, -0.2) is 0 Å². The van der Waals surface area contributed by atoms with Crippen LogP contribution in [0.3, 0.4) is 0 Å². The molecule has 0 unspecified atom stereocenters. The maximum absolute atomic E-state index is 5.29. The molecule has 0 saturated carbocycles. The number of hydrazine groups is 1. The van der Waals surface area contributed by atoms with Crippen LogP contribution in [-0.4, -0.2) is 0 Å². The maximum Gasteiger partial charge on any atom is 0.0353 e. The summed E-state index contributed by atoms with van der Waals surface area (Å²) in [5.74, 6) is 5.29. The normalized spacial score (nSPS) is 8.86. The first-order valence-corrected chi connectivity index (χ1v) is 4.15. The molecule has 2 nitrogen and oxygen atoms in total. The molecule has 0 atom stereocenters. The lowest BCUT2D eigenvalue weighted by atomic mass is 10.0. The Balaban J connectivity index is 0. The second-order valence-corrected chi connectivity index (χ2v) is 3.26. The number of halogens is 2. The Morgan fingerprint density at radius 1 is 1.07 bits per heavy atom. The molecule has 0 aliphatic carbocycles. The van der Waals surface area contributed by atoms with E-state index >= 15 is 0 Å². The summed E-state index contributed by atoms with van der Waals surface area (Å²) in [5, 5.41) is 0. The molecule has 0 aromatic heterocycles. The number of nitrogens with two attached hydrogens (primary N) is 1. The minimum absolute atomic E-state index is 0. The molecular weight excluding hydrogens is 219 g/mol. The van der Waals surface area contributed by atoms with Gasteiger partial charge < -0.3 is 0 Å². The molecule has 3 N–H and O–H groups in total. The number of nitrogens with one attached hydrogen (secondary N) is 1. The van der Waals surface area contributed by atoms with Gasteiger partial charge in [-0.2, -0.15) is 0 Å². The minimum Gasteiger partial charge on any atom is -0.271 e. The fraction of sp³-hybridized carbons (Fsp3) is 0.400. The first kappa shape index (κ1) is 16.2. The molecule has 0 saturated heterocycles. The lowest BCUT2D eigenvalue weighted by molar-refractivity contribution is 0.733. The van der Waals surface area contributed by atoms with Crippen LogP contribution in [-0.2, 0) is 6.54 Å². The Morgan fingerprint density at radius 3 is 1.86 bits per heavy atom. The van der Waals surface area contributed by atoms with E-state index in [1.165, 1.54) is 22.3 Å². The topological polar surface area (TPSA) is 38.0 Å². The molecule has 0 amide bonds. The molecule has 4 heteroatoms. The third-order valence-electron chi connectivity index (χ3n) is 2.12. The molecule has 0 bridgehead atoms. The van der Waals surface area contributed by atoms with Crippen molar-refractivity contribution in [3.8, 4) is 0 Å². The molecular formula is C10H18Cl2N2. The second kappa shape index (κ2) is 7.07. The molecule has 14 heavy (non-hydrogen) atoms. The van der Waals surface area contributed by atoms with Crippen LogP contribution in [0.25, 0.3) is 0 Å². The number of hydrogen-bond acceptors (Lipinski definition) is 2. The molecule has 1 aromatic carbocycles. The molecule has 82 valence electrons. The smallest absolute Gasteiger partial charge is 0.0353 e. The van der Waals surface area contributed by atoms with Crippen molar-refractivity contribution in [1.82, 2.24) is 5.43 Å². The Hall–Kier alpha value is -0.280. The van der Waals surface area contributed by atoms with E-state index in [1.54, 1.807) is 0 Å². The van der Waals surface area contributed by atoms with E-state index in [2.05, 4.69) is 38.3 Å². The minimum atomic E-state index is 0. The highest BCUT2D eigenvalue weighted by atomic mass is 35.5. The lowest BCUT2D eigenvalue weighted by Gasteiger charge is -2.09. The van der Waals surface area contributed by atoms with E-state index < -0.39 is 0 Å². The van der Waals surface area contributed by atoms with Gasteiger partial charge in [0.25, 0.3) is 0 Å². The predicted molar refractivity (Wildman–Crippen MR) is 66.2 cm³/mol. The Labute approximate surface area is 98.1 Å². The summed E-state index contributed by atoms with van der Waals surface area (Å²) in [6.45, 7) is 7.09. The van der Waals surface area contributed by atoms with Crippen molar-refractivity contribution < 1.29 is 0 Å². The van der Waals surface area contributed by atoms with Gasteiger partial charge in [0.2, 0.25) is 0 Å². The zero-order chi connectivity index (χ0) is 9.14. The van der Waals surface area contributed by atoms with E-state index in [0.717, 1.165) is 6.54 Å². The second-order valence-electron chi connectivity index (χ2n) is 3.26. The standard InChI is InChI=1S/C10H16N2.2ClH/c1-7-4-8(2)10(6-12-11)9(3)5-7;;/h4-5,12H,6,11H2,1-3H3;2*1H. The van der Waals surface area contributed by atoms with Crippen LogP contribution >= 0.6 is 24.8 Å². The van der Waals surface area contributed by atoms with Crippen LogP contribution in [0.2, 0.25) is 0 Å². The van der Waals surface area contributed by atoms with Gasteiger partial charge in [-0.1, -0.05) is 17.7 Å². The lowest BCUT2D eigenvalue weighted by Crippen LogP contribution is -2.22. The quantitative estimate of drug-likeness (QED) is 0.612. The van der Waals surface area contributed by atoms with Gasteiger partial charge in [-0.3, -0.25) is 11.3 Å². The highest BCUT2D eigenvalue weighted by molar-refractivity contribution is 5.85. The average molecular weight is 237 g/mol. The average Bonchev–Trinajstić information content (AvgIpc) is 1.96. The summed E-state index contributed by atoms with van der Waals surface area (Å²) in [6, 6.07) is 4.36. The van der Waals surface area contributed by atoms with Crippen molar-refractivity contribution in [3.63, 3.8) is 0 Å². The summed E-state index contributed by atoms with van der Waals surface area (Å²) in [4.78, 5) is 0. The Morgan fingerprint density at radius 2 is 1.50 bits per heavy atom. The van der Waals surface area contributed by atoms with Crippen LogP contribution in [0.1, 0.15) is 22.3 Å². The van der Waals surface area contributed by atoms with E-state index in [4.69, 9.17) is 5.84 Å². The van der Waals surface area contributed by atoms with Crippen molar-refractivity contribution in [3.05, 3.63) is 34.4 Å². The monoisotopic (exact) mass is 236 g/mol. The molecule has 0 radical (unpaired) electrons.